The summed E-state index contributed by atoms with van der Waals surface area (Å²) in [6.45, 7) is 0.181. The molecule has 7 heteroatoms. The van der Waals surface area contributed by atoms with Crippen LogP contribution in [0.2, 0.25) is 0 Å². The topological polar surface area (TPSA) is 66.8 Å². The summed E-state index contributed by atoms with van der Waals surface area (Å²) in [4.78, 5) is -0.170. The zero-order chi connectivity index (χ0) is 14.8. The molecule has 2 rings (SSSR count). The summed E-state index contributed by atoms with van der Waals surface area (Å²) in [6, 6.07) is 3.38. The zero-order valence-corrected chi connectivity index (χ0v) is 12.1. The molecule has 0 bridgehead atoms. The first kappa shape index (κ1) is 15.4. The van der Waals surface area contributed by atoms with Crippen LogP contribution in [0.5, 0.6) is 0 Å². The number of methoxy groups -OCH3 is 1. The molecule has 1 aliphatic rings. The van der Waals surface area contributed by atoms with Crippen LogP contribution in [0.4, 0.5) is 4.39 Å². The average Bonchev–Trinajstić information content (AvgIpc) is 2.47. The molecule has 1 fully saturated rings. The second-order valence-corrected chi connectivity index (χ2v) is 6.68. The molecule has 0 saturated carbocycles. The maximum atomic E-state index is 13.3. The first-order valence-corrected chi connectivity index (χ1v) is 7.85. The smallest absolute Gasteiger partial charge is 0.243 e. The Morgan fingerprint density at radius 3 is 2.90 bits per heavy atom. The van der Waals surface area contributed by atoms with Crippen molar-refractivity contribution in [1.29, 1.82) is 0 Å². The molecule has 1 unspecified atom stereocenters. The van der Waals surface area contributed by atoms with Gasteiger partial charge in [-0.05, 0) is 30.5 Å². The van der Waals surface area contributed by atoms with Crippen LogP contribution in [0.3, 0.4) is 0 Å². The van der Waals surface area contributed by atoms with E-state index in [4.69, 9.17) is 4.74 Å². The molecule has 112 valence electrons. The van der Waals surface area contributed by atoms with Crippen LogP contribution >= 0.6 is 0 Å². The summed E-state index contributed by atoms with van der Waals surface area (Å²) in [5.74, 6) is -0.638. The maximum absolute atomic E-state index is 13.3. The van der Waals surface area contributed by atoms with Crippen molar-refractivity contribution < 1.29 is 22.7 Å². The highest BCUT2D eigenvalue weighted by Crippen LogP contribution is 2.25. The highest BCUT2D eigenvalue weighted by atomic mass is 32.2. The predicted molar refractivity (Wildman–Crippen MR) is 71.1 cm³/mol. The van der Waals surface area contributed by atoms with Crippen molar-refractivity contribution in [2.45, 2.75) is 30.4 Å². The molecule has 0 amide bonds. The van der Waals surface area contributed by atoms with Crippen LogP contribution in [0.15, 0.2) is 23.1 Å². The number of rotatable bonds is 4. The Labute approximate surface area is 118 Å². The second kappa shape index (κ2) is 6.17. The number of aliphatic hydroxyl groups is 1. The number of sulfonamides is 1. The summed E-state index contributed by atoms with van der Waals surface area (Å²) in [7, 11) is -2.27. The number of ether oxygens (including phenoxy) is 1. The van der Waals surface area contributed by atoms with Gasteiger partial charge in [-0.25, -0.2) is 12.8 Å². The van der Waals surface area contributed by atoms with Crippen LogP contribution in [0.1, 0.15) is 18.4 Å². The molecular formula is C13H18FNO4S. The van der Waals surface area contributed by atoms with Crippen molar-refractivity contribution in [2.24, 2.45) is 0 Å². The third-order valence-corrected chi connectivity index (χ3v) is 5.44. The molecule has 20 heavy (non-hydrogen) atoms. The van der Waals surface area contributed by atoms with E-state index < -0.39 is 22.4 Å². The molecule has 0 spiro atoms. The van der Waals surface area contributed by atoms with Crippen molar-refractivity contribution in [3.63, 3.8) is 0 Å². The molecule has 1 aromatic carbocycles. The lowest BCUT2D eigenvalue weighted by Crippen LogP contribution is -2.43. The van der Waals surface area contributed by atoms with Gasteiger partial charge in [0.2, 0.25) is 10.0 Å². The molecule has 1 aliphatic heterocycles. The Morgan fingerprint density at radius 2 is 2.25 bits per heavy atom. The minimum atomic E-state index is -3.82. The van der Waals surface area contributed by atoms with Crippen molar-refractivity contribution in [1.82, 2.24) is 4.31 Å². The summed E-state index contributed by atoms with van der Waals surface area (Å²) < 4.78 is 45.0. The molecule has 5 nitrogen and oxygen atoms in total. The van der Waals surface area contributed by atoms with Gasteiger partial charge in [0.25, 0.3) is 0 Å². The van der Waals surface area contributed by atoms with Crippen molar-refractivity contribution in [2.75, 3.05) is 20.2 Å². The Hall–Kier alpha value is -1.02. The number of hydrogen-bond donors (Lipinski definition) is 1. The Bertz CT molecular complexity index is 576. The SMILES string of the molecule is COC1CCCN(S(=O)(=O)c2cc(F)ccc2CO)C1. The summed E-state index contributed by atoms with van der Waals surface area (Å²) in [5, 5.41) is 9.24. The standard InChI is InChI=1S/C13H18FNO4S/c1-19-12-3-2-6-15(8-12)20(17,18)13-7-11(14)5-4-10(13)9-16/h4-5,7,12,16H,2-3,6,8-9H2,1H3. The molecule has 1 atom stereocenters. The minimum Gasteiger partial charge on any atom is -0.392 e. The third-order valence-electron chi connectivity index (χ3n) is 3.49. The number of benzene rings is 1. The minimum absolute atomic E-state index is 0.148. The number of piperidine rings is 1. The van der Waals surface area contributed by atoms with E-state index in [2.05, 4.69) is 0 Å². The normalized spacial score (nSPS) is 21.1. The van der Waals surface area contributed by atoms with Crippen molar-refractivity contribution in [3.8, 4) is 0 Å². The lowest BCUT2D eigenvalue weighted by molar-refractivity contribution is 0.0571. The van der Waals surface area contributed by atoms with E-state index in [0.717, 1.165) is 18.6 Å². The Morgan fingerprint density at radius 1 is 1.50 bits per heavy atom. The molecule has 0 radical (unpaired) electrons. The number of halogens is 1. The summed E-state index contributed by atoms with van der Waals surface area (Å²) in [5.41, 5.74) is 0.200. The molecule has 1 saturated heterocycles. The van der Waals surface area contributed by atoms with Crippen LogP contribution in [0, 0.1) is 5.82 Å². The molecule has 1 aromatic rings. The maximum Gasteiger partial charge on any atom is 0.243 e. The molecule has 0 aliphatic carbocycles. The van der Waals surface area contributed by atoms with E-state index in [1.807, 2.05) is 0 Å². The van der Waals surface area contributed by atoms with Crippen LogP contribution < -0.4 is 0 Å². The number of nitrogens with zero attached hydrogens (tertiary/aromatic N) is 1. The van der Waals surface area contributed by atoms with Gasteiger partial charge in [0.15, 0.2) is 0 Å². The van der Waals surface area contributed by atoms with Gasteiger partial charge in [-0.3, -0.25) is 0 Å². The fraction of sp³-hybridized carbons (Fsp3) is 0.538. The van der Waals surface area contributed by atoms with Gasteiger partial charge < -0.3 is 9.84 Å². The lowest BCUT2D eigenvalue weighted by Gasteiger charge is -2.31. The Kier molecular flexibility index (Phi) is 4.74. The second-order valence-electron chi connectivity index (χ2n) is 4.77. The van der Waals surface area contributed by atoms with Crippen LogP contribution in [-0.2, 0) is 21.4 Å². The highest BCUT2D eigenvalue weighted by molar-refractivity contribution is 7.89. The Balaban J connectivity index is 2.37. The van der Waals surface area contributed by atoms with Gasteiger partial charge >= 0.3 is 0 Å². The van der Waals surface area contributed by atoms with Gasteiger partial charge in [0.1, 0.15) is 5.82 Å². The van der Waals surface area contributed by atoms with Gasteiger partial charge in [0, 0.05) is 20.2 Å². The summed E-state index contributed by atoms with van der Waals surface area (Å²) in [6.07, 6.45) is 1.35. The first-order chi connectivity index (χ1) is 9.48. The van der Waals surface area contributed by atoms with E-state index in [-0.39, 0.29) is 23.1 Å². The van der Waals surface area contributed by atoms with Gasteiger partial charge in [-0.2, -0.15) is 4.31 Å². The third kappa shape index (κ3) is 3.01. The molecular weight excluding hydrogens is 285 g/mol. The monoisotopic (exact) mass is 303 g/mol. The lowest BCUT2D eigenvalue weighted by atomic mass is 10.1. The van der Waals surface area contributed by atoms with E-state index in [1.165, 1.54) is 10.4 Å². The van der Waals surface area contributed by atoms with Crippen LogP contribution in [-0.4, -0.2) is 44.1 Å². The van der Waals surface area contributed by atoms with E-state index in [9.17, 15) is 17.9 Å². The van der Waals surface area contributed by atoms with Crippen LogP contribution in [0.25, 0.3) is 0 Å². The largest absolute Gasteiger partial charge is 0.392 e. The molecule has 1 heterocycles. The van der Waals surface area contributed by atoms with Gasteiger partial charge in [-0.15, -0.1) is 0 Å². The molecule has 0 aromatic heterocycles. The fourth-order valence-corrected chi connectivity index (χ4v) is 4.09. The number of hydrogen-bond acceptors (Lipinski definition) is 4. The summed E-state index contributed by atoms with van der Waals surface area (Å²) >= 11 is 0. The predicted octanol–water partition coefficient (Wildman–Crippen LogP) is 1.12. The quantitative estimate of drug-likeness (QED) is 0.905. The fourth-order valence-electron chi connectivity index (χ4n) is 2.35. The zero-order valence-electron chi connectivity index (χ0n) is 11.3. The first-order valence-electron chi connectivity index (χ1n) is 6.41. The van der Waals surface area contributed by atoms with E-state index in [1.54, 1.807) is 7.11 Å². The van der Waals surface area contributed by atoms with Gasteiger partial charge in [0.05, 0.1) is 17.6 Å². The average molecular weight is 303 g/mol. The van der Waals surface area contributed by atoms with E-state index >= 15 is 0 Å². The van der Waals surface area contributed by atoms with Crippen molar-refractivity contribution in [3.05, 3.63) is 29.6 Å². The van der Waals surface area contributed by atoms with E-state index in [0.29, 0.717) is 13.0 Å². The van der Waals surface area contributed by atoms with Gasteiger partial charge in [-0.1, -0.05) is 6.07 Å². The number of aliphatic hydroxyl groups excluding tert-OH is 1. The highest BCUT2D eigenvalue weighted by Gasteiger charge is 2.31. The van der Waals surface area contributed by atoms with Crippen molar-refractivity contribution >= 4 is 10.0 Å². The molecule has 1 N–H and O–H groups in total.